The highest BCUT2D eigenvalue weighted by atomic mass is 16.5. The molecule has 1 aliphatic rings. The average molecular weight is 333 g/mol. The van der Waals surface area contributed by atoms with E-state index in [0.717, 1.165) is 6.42 Å². The maximum Gasteiger partial charge on any atom is 0.326 e. The smallest absolute Gasteiger partial charge is 0.326 e. The number of pyridine rings is 1. The van der Waals surface area contributed by atoms with Crippen LogP contribution in [0.1, 0.15) is 34.6 Å². The lowest BCUT2D eigenvalue weighted by molar-refractivity contribution is -0.142. The van der Waals surface area contributed by atoms with E-state index in [1.54, 1.807) is 19.9 Å². The fourth-order valence-corrected chi connectivity index (χ4v) is 3.03. The Morgan fingerprint density at radius 3 is 2.88 bits per heavy atom. The van der Waals surface area contributed by atoms with Gasteiger partial charge in [-0.1, -0.05) is 5.16 Å². The second-order valence-electron chi connectivity index (χ2n) is 6.03. The van der Waals surface area contributed by atoms with Gasteiger partial charge >= 0.3 is 5.97 Å². The fraction of sp³-hybridized carbons (Fsp3) is 0.500. The van der Waals surface area contributed by atoms with Gasteiger partial charge in [0.1, 0.15) is 6.04 Å². The molecule has 8 nitrogen and oxygen atoms in total. The number of hydrogen-bond acceptors (Lipinski definition) is 6. The summed E-state index contributed by atoms with van der Waals surface area (Å²) >= 11 is 0. The van der Waals surface area contributed by atoms with Gasteiger partial charge in [-0.15, -0.1) is 0 Å². The van der Waals surface area contributed by atoms with Crippen molar-refractivity contribution in [3.63, 3.8) is 0 Å². The molecule has 0 saturated carbocycles. The third kappa shape index (κ3) is 3.09. The summed E-state index contributed by atoms with van der Waals surface area (Å²) in [6.07, 6.45) is 1.49. The largest absolute Gasteiger partial charge is 0.480 e. The van der Waals surface area contributed by atoms with E-state index < -0.39 is 17.9 Å². The Labute approximate surface area is 138 Å². The molecule has 2 aromatic heterocycles. The lowest BCUT2D eigenvalue weighted by Gasteiger charge is -2.28. The van der Waals surface area contributed by atoms with Gasteiger partial charge in [0, 0.05) is 18.2 Å². The van der Waals surface area contributed by atoms with Crippen molar-refractivity contribution in [1.82, 2.24) is 15.5 Å². The van der Waals surface area contributed by atoms with E-state index in [9.17, 15) is 14.7 Å². The Hall–Kier alpha value is -2.48. The maximum atomic E-state index is 12.7. The number of aryl methyl sites for hydroxylation is 2. The summed E-state index contributed by atoms with van der Waals surface area (Å²) in [7, 11) is 0. The number of nitrogens with one attached hydrogen (secondary N) is 1. The molecular weight excluding hydrogens is 314 g/mol. The number of nitrogens with zero attached hydrogens (tertiary/aromatic N) is 2. The van der Waals surface area contributed by atoms with Crippen molar-refractivity contribution in [2.24, 2.45) is 5.92 Å². The Morgan fingerprint density at radius 1 is 1.42 bits per heavy atom. The molecule has 128 valence electrons. The van der Waals surface area contributed by atoms with E-state index in [4.69, 9.17) is 9.26 Å². The van der Waals surface area contributed by atoms with E-state index in [-0.39, 0.29) is 11.6 Å². The molecule has 0 aromatic carbocycles. The number of carboxylic acids is 1. The molecule has 2 atom stereocenters. The summed E-state index contributed by atoms with van der Waals surface area (Å²) in [5, 5.41) is 16.4. The average Bonchev–Trinajstić information content (AvgIpc) is 2.93. The SMILES string of the molecule is Cc1cc(C(=O)NC(C(=O)O)C2CCCOC2)c2c(C)noc2n1. The third-order valence-electron chi connectivity index (χ3n) is 4.21. The molecule has 0 bridgehead atoms. The molecule has 0 radical (unpaired) electrons. The van der Waals surface area contributed by atoms with Crippen LogP contribution in [0.5, 0.6) is 0 Å². The normalized spacial score (nSPS) is 19.2. The summed E-state index contributed by atoms with van der Waals surface area (Å²) in [6, 6.07) is 0.611. The molecule has 2 unspecified atom stereocenters. The van der Waals surface area contributed by atoms with Crippen molar-refractivity contribution in [3.05, 3.63) is 23.0 Å². The van der Waals surface area contributed by atoms with Gasteiger partial charge in [0.05, 0.1) is 23.3 Å². The van der Waals surface area contributed by atoms with Crippen LogP contribution in [0.15, 0.2) is 10.6 Å². The van der Waals surface area contributed by atoms with Crippen LogP contribution in [0, 0.1) is 19.8 Å². The number of fused-ring (bicyclic) bond motifs is 1. The first-order chi connectivity index (χ1) is 11.5. The van der Waals surface area contributed by atoms with Crippen molar-refractivity contribution in [3.8, 4) is 0 Å². The zero-order valence-corrected chi connectivity index (χ0v) is 13.5. The van der Waals surface area contributed by atoms with Crippen molar-refractivity contribution in [1.29, 1.82) is 0 Å². The van der Waals surface area contributed by atoms with E-state index in [1.807, 2.05) is 0 Å². The lowest BCUT2D eigenvalue weighted by atomic mass is 9.93. The minimum atomic E-state index is -1.07. The first kappa shape index (κ1) is 16.4. The highest BCUT2D eigenvalue weighted by Crippen LogP contribution is 2.23. The molecule has 1 saturated heterocycles. The van der Waals surface area contributed by atoms with Gasteiger partial charge in [0.15, 0.2) is 0 Å². The predicted octanol–water partition coefficient (Wildman–Crippen LogP) is 1.45. The van der Waals surface area contributed by atoms with Gasteiger partial charge < -0.3 is 19.7 Å². The number of amides is 1. The van der Waals surface area contributed by atoms with Crippen LogP contribution < -0.4 is 5.32 Å². The van der Waals surface area contributed by atoms with E-state index in [0.29, 0.717) is 42.0 Å². The molecule has 1 aliphatic heterocycles. The quantitative estimate of drug-likeness (QED) is 0.870. The summed E-state index contributed by atoms with van der Waals surface area (Å²) in [5.74, 6) is -1.79. The van der Waals surface area contributed by atoms with Crippen molar-refractivity contribution < 1.29 is 24.0 Å². The Morgan fingerprint density at radius 2 is 2.21 bits per heavy atom. The molecule has 2 N–H and O–H groups in total. The first-order valence-electron chi connectivity index (χ1n) is 7.82. The zero-order chi connectivity index (χ0) is 17.3. The van der Waals surface area contributed by atoms with Crippen LogP contribution in [-0.4, -0.2) is 46.4 Å². The van der Waals surface area contributed by atoms with Gasteiger partial charge in [0.25, 0.3) is 11.6 Å². The monoisotopic (exact) mass is 333 g/mol. The standard InChI is InChI=1S/C16H19N3O5/c1-8-6-11(12-9(2)19-24-15(12)17-8)14(20)18-13(16(21)22)10-4-3-5-23-7-10/h6,10,13H,3-5,7H2,1-2H3,(H,18,20)(H,21,22). The number of ether oxygens (including phenoxy) is 1. The Bertz CT molecular complexity index is 779. The van der Waals surface area contributed by atoms with Gasteiger partial charge in [-0.3, -0.25) is 4.79 Å². The highest BCUT2D eigenvalue weighted by Gasteiger charge is 2.32. The fourth-order valence-electron chi connectivity index (χ4n) is 3.03. The number of aromatic nitrogens is 2. The van der Waals surface area contributed by atoms with Crippen molar-refractivity contribution >= 4 is 23.0 Å². The number of carboxylic acid groups (broad SMARTS) is 1. The minimum Gasteiger partial charge on any atom is -0.480 e. The lowest BCUT2D eigenvalue weighted by Crippen LogP contribution is -2.48. The number of carbonyl (C=O) groups excluding carboxylic acids is 1. The van der Waals surface area contributed by atoms with Crippen LogP contribution in [0.4, 0.5) is 0 Å². The van der Waals surface area contributed by atoms with Crippen LogP contribution in [0.2, 0.25) is 0 Å². The second kappa shape index (κ2) is 6.56. The molecule has 2 aromatic rings. The minimum absolute atomic E-state index is 0.248. The van der Waals surface area contributed by atoms with Crippen molar-refractivity contribution in [2.75, 3.05) is 13.2 Å². The van der Waals surface area contributed by atoms with Crippen LogP contribution in [-0.2, 0) is 9.53 Å². The molecular formula is C16H19N3O5. The van der Waals surface area contributed by atoms with Gasteiger partial charge in [0.2, 0.25) is 0 Å². The Balaban J connectivity index is 1.90. The number of carbonyl (C=O) groups is 2. The Kier molecular flexibility index (Phi) is 4.48. The summed E-state index contributed by atoms with van der Waals surface area (Å²) in [6.45, 7) is 4.40. The number of hydrogen-bond donors (Lipinski definition) is 2. The van der Waals surface area contributed by atoms with Crippen LogP contribution >= 0.6 is 0 Å². The van der Waals surface area contributed by atoms with Crippen LogP contribution in [0.3, 0.4) is 0 Å². The molecule has 3 heterocycles. The molecule has 0 aliphatic carbocycles. The van der Waals surface area contributed by atoms with Gasteiger partial charge in [-0.25, -0.2) is 9.78 Å². The highest BCUT2D eigenvalue weighted by molar-refractivity contribution is 6.07. The molecule has 0 spiro atoms. The van der Waals surface area contributed by atoms with Gasteiger partial charge in [-0.05, 0) is 32.8 Å². The molecule has 3 rings (SSSR count). The van der Waals surface area contributed by atoms with Crippen molar-refractivity contribution in [2.45, 2.75) is 32.7 Å². The van der Waals surface area contributed by atoms with E-state index in [1.165, 1.54) is 0 Å². The summed E-state index contributed by atoms with van der Waals surface area (Å²) < 4.78 is 10.5. The summed E-state index contributed by atoms with van der Waals surface area (Å²) in [5.41, 5.74) is 1.72. The van der Waals surface area contributed by atoms with E-state index >= 15 is 0 Å². The van der Waals surface area contributed by atoms with Crippen LogP contribution in [0.25, 0.3) is 11.1 Å². The number of rotatable bonds is 4. The number of aliphatic carboxylic acids is 1. The van der Waals surface area contributed by atoms with Gasteiger partial charge in [-0.2, -0.15) is 0 Å². The molecule has 8 heteroatoms. The van der Waals surface area contributed by atoms with E-state index in [2.05, 4.69) is 15.5 Å². The topological polar surface area (TPSA) is 115 Å². The second-order valence-corrected chi connectivity index (χ2v) is 6.03. The summed E-state index contributed by atoms with van der Waals surface area (Å²) in [4.78, 5) is 28.5. The molecule has 24 heavy (non-hydrogen) atoms. The maximum absolute atomic E-state index is 12.7. The zero-order valence-electron chi connectivity index (χ0n) is 13.5. The molecule has 1 fully saturated rings. The first-order valence-corrected chi connectivity index (χ1v) is 7.82. The predicted molar refractivity (Wildman–Crippen MR) is 83.7 cm³/mol. The third-order valence-corrected chi connectivity index (χ3v) is 4.21. The molecule has 1 amide bonds.